The first-order valence-corrected chi connectivity index (χ1v) is 10.00. The SMILES string of the molecule is CCOC(=O)C(CC=O)c1ccc2c(c1)c(CC(N)=O)c(C)n2Cc1ccccc1. The van der Waals surface area contributed by atoms with E-state index in [1.807, 2.05) is 55.5 Å². The summed E-state index contributed by atoms with van der Waals surface area (Å²) >= 11 is 0. The maximum Gasteiger partial charge on any atom is 0.313 e. The molecule has 2 N–H and O–H groups in total. The summed E-state index contributed by atoms with van der Waals surface area (Å²) in [7, 11) is 0. The van der Waals surface area contributed by atoms with E-state index >= 15 is 0 Å². The Balaban J connectivity index is 2.13. The van der Waals surface area contributed by atoms with Gasteiger partial charge in [0, 0.05) is 29.6 Å². The molecular formula is C24H26N2O4. The molecule has 1 heterocycles. The molecule has 0 aliphatic rings. The van der Waals surface area contributed by atoms with Crippen LogP contribution >= 0.6 is 0 Å². The number of benzene rings is 2. The number of amides is 1. The van der Waals surface area contributed by atoms with Gasteiger partial charge in [-0.1, -0.05) is 36.4 Å². The van der Waals surface area contributed by atoms with Crippen molar-refractivity contribution in [3.05, 3.63) is 70.9 Å². The average Bonchev–Trinajstić information content (AvgIpc) is 2.97. The normalized spacial score (nSPS) is 11.9. The zero-order valence-electron chi connectivity index (χ0n) is 17.3. The topological polar surface area (TPSA) is 91.4 Å². The molecule has 0 bridgehead atoms. The van der Waals surface area contributed by atoms with Crippen LogP contribution in [0.4, 0.5) is 0 Å². The molecule has 1 unspecified atom stereocenters. The number of aromatic nitrogens is 1. The van der Waals surface area contributed by atoms with Gasteiger partial charge in [0.25, 0.3) is 0 Å². The van der Waals surface area contributed by atoms with Crippen molar-refractivity contribution in [1.82, 2.24) is 4.57 Å². The van der Waals surface area contributed by atoms with Gasteiger partial charge in [0.15, 0.2) is 0 Å². The largest absolute Gasteiger partial charge is 0.466 e. The fraction of sp³-hybridized carbons (Fsp3) is 0.292. The van der Waals surface area contributed by atoms with Crippen LogP contribution in [-0.4, -0.2) is 29.3 Å². The summed E-state index contributed by atoms with van der Waals surface area (Å²) < 4.78 is 7.29. The number of fused-ring (bicyclic) bond motifs is 1. The number of carbonyl (C=O) groups is 3. The molecule has 30 heavy (non-hydrogen) atoms. The van der Waals surface area contributed by atoms with Crippen molar-refractivity contribution >= 4 is 29.1 Å². The maximum absolute atomic E-state index is 12.4. The van der Waals surface area contributed by atoms with Crippen LogP contribution in [0.2, 0.25) is 0 Å². The summed E-state index contributed by atoms with van der Waals surface area (Å²) in [6, 6.07) is 15.7. The number of ether oxygens (including phenoxy) is 1. The number of hydrogen-bond donors (Lipinski definition) is 1. The lowest BCUT2D eigenvalue weighted by atomic mass is 9.94. The van der Waals surface area contributed by atoms with E-state index in [9.17, 15) is 14.4 Å². The second-order valence-electron chi connectivity index (χ2n) is 7.26. The second kappa shape index (κ2) is 9.39. The third-order valence-electron chi connectivity index (χ3n) is 5.32. The fourth-order valence-corrected chi connectivity index (χ4v) is 3.86. The second-order valence-corrected chi connectivity index (χ2v) is 7.26. The van der Waals surface area contributed by atoms with Crippen molar-refractivity contribution in [2.75, 3.05) is 6.61 Å². The monoisotopic (exact) mass is 406 g/mol. The summed E-state index contributed by atoms with van der Waals surface area (Å²) in [6.07, 6.45) is 0.868. The van der Waals surface area contributed by atoms with E-state index in [-0.39, 0.29) is 19.4 Å². The minimum Gasteiger partial charge on any atom is -0.466 e. The molecule has 0 saturated carbocycles. The molecule has 156 valence electrons. The highest BCUT2D eigenvalue weighted by Gasteiger charge is 2.24. The van der Waals surface area contributed by atoms with E-state index in [0.29, 0.717) is 12.1 Å². The lowest BCUT2D eigenvalue weighted by Crippen LogP contribution is -2.16. The Morgan fingerprint density at radius 2 is 1.90 bits per heavy atom. The Bertz CT molecular complexity index is 1070. The van der Waals surface area contributed by atoms with Crippen LogP contribution in [0, 0.1) is 6.92 Å². The van der Waals surface area contributed by atoms with Crippen LogP contribution in [0.1, 0.15) is 41.6 Å². The quantitative estimate of drug-likeness (QED) is 0.436. The van der Waals surface area contributed by atoms with Crippen molar-refractivity contribution < 1.29 is 19.1 Å². The smallest absolute Gasteiger partial charge is 0.313 e. The standard InChI is InChI=1S/C24H26N2O4/c1-3-30-24(29)19(11-12-27)18-9-10-22-21(13-18)20(14-23(25)28)16(2)26(22)15-17-7-5-4-6-8-17/h4-10,12-13,19H,3,11,14-15H2,1-2H3,(H2,25,28). The van der Waals surface area contributed by atoms with Gasteiger partial charge in [0.1, 0.15) is 6.29 Å². The summed E-state index contributed by atoms with van der Waals surface area (Å²) in [5.74, 6) is -1.52. The van der Waals surface area contributed by atoms with Gasteiger partial charge in [-0.3, -0.25) is 9.59 Å². The predicted molar refractivity (Wildman–Crippen MR) is 115 cm³/mol. The van der Waals surface area contributed by atoms with Crippen molar-refractivity contribution in [2.24, 2.45) is 5.73 Å². The summed E-state index contributed by atoms with van der Waals surface area (Å²) in [5, 5.41) is 0.861. The zero-order chi connectivity index (χ0) is 21.7. The van der Waals surface area contributed by atoms with Crippen molar-refractivity contribution in [2.45, 2.75) is 39.2 Å². The van der Waals surface area contributed by atoms with Gasteiger partial charge >= 0.3 is 5.97 Å². The molecule has 1 aromatic heterocycles. The first kappa shape index (κ1) is 21.3. The number of nitrogens with zero attached hydrogens (tertiary/aromatic N) is 1. The number of esters is 1. The third kappa shape index (κ3) is 4.43. The number of aldehydes is 1. The van der Waals surface area contributed by atoms with E-state index in [1.54, 1.807) is 6.92 Å². The van der Waals surface area contributed by atoms with Crippen molar-refractivity contribution in [1.29, 1.82) is 0 Å². The number of hydrogen-bond acceptors (Lipinski definition) is 4. The number of nitrogens with two attached hydrogens (primary N) is 1. The molecule has 3 rings (SSSR count). The first-order chi connectivity index (χ1) is 14.5. The molecule has 0 radical (unpaired) electrons. The van der Waals surface area contributed by atoms with Gasteiger partial charge in [-0.25, -0.2) is 0 Å². The highest BCUT2D eigenvalue weighted by molar-refractivity contribution is 5.92. The average molecular weight is 406 g/mol. The molecule has 1 atom stereocenters. The highest BCUT2D eigenvalue weighted by atomic mass is 16.5. The maximum atomic E-state index is 12.4. The number of primary amides is 1. The van der Waals surface area contributed by atoms with Gasteiger partial charge in [-0.05, 0) is 42.7 Å². The van der Waals surface area contributed by atoms with Crippen molar-refractivity contribution in [3.63, 3.8) is 0 Å². The molecule has 0 aliphatic carbocycles. The molecule has 3 aromatic rings. The fourth-order valence-electron chi connectivity index (χ4n) is 3.86. The molecule has 0 saturated heterocycles. The highest BCUT2D eigenvalue weighted by Crippen LogP contribution is 2.31. The molecule has 0 fully saturated rings. The van der Waals surface area contributed by atoms with Crippen molar-refractivity contribution in [3.8, 4) is 0 Å². The Kier molecular flexibility index (Phi) is 6.67. The van der Waals surface area contributed by atoms with E-state index in [0.717, 1.165) is 34.0 Å². The number of rotatable bonds is 9. The summed E-state index contributed by atoms with van der Waals surface area (Å²) in [6.45, 7) is 4.60. The van der Waals surface area contributed by atoms with E-state index < -0.39 is 17.8 Å². The van der Waals surface area contributed by atoms with Crippen LogP contribution < -0.4 is 5.73 Å². The predicted octanol–water partition coefficient (Wildman–Crippen LogP) is 3.26. The minimum atomic E-state index is -0.675. The van der Waals surface area contributed by atoms with Crippen LogP contribution in [0.25, 0.3) is 10.9 Å². The lowest BCUT2D eigenvalue weighted by Gasteiger charge is -2.14. The van der Waals surface area contributed by atoms with E-state index in [4.69, 9.17) is 10.5 Å². The Hall–Kier alpha value is -3.41. The molecule has 0 aliphatic heterocycles. The Morgan fingerprint density at radius 1 is 1.17 bits per heavy atom. The molecular weight excluding hydrogens is 380 g/mol. The third-order valence-corrected chi connectivity index (χ3v) is 5.32. The van der Waals surface area contributed by atoms with Gasteiger partial charge in [0.2, 0.25) is 5.91 Å². The molecule has 6 nitrogen and oxygen atoms in total. The Morgan fingerprint density at radius 3 is 2.53 bits per heavy atom. The lowest BCUT2D eigenvalue weighted by molar-refractivity contribution is -0.145. The molecule has 2 aromatic carbocycles. The van der Waals surface area contributed by atoms with E-state index in [1.165, 1.54) is 0 Å². The van der Waals surface area contributed by atoms with Crippen LogP contribution in [0.15, 0.2) is 48.5 Å². The minimum absolute atomic E-state index is 0.0409. The zero-order valence-corrected chi connectivity index (χ0v) is 17.3. The van der Waals surface area contributed by atoms with Gasteiger partial charge in [-0.15, -0.1) is 0 Å². The van der Waals surface area contributed by atoms with Crippen LogP contribution in [0.3, 0.4) is 0 Å². The van der Waals surface area contributed by atoms with Crippen LogP contribution in [-0.2, 0) is 32.1 Å². The number of carbonyl (C=O) groups excluding carboxylic acids is 3. The molecule has 0 spiro atoms. The summed E-state index contributed by atoms with van der Waals surface area (Å²) in [4.78, 5) is 35.3. The first-order valence-electron chi connectivity index (χ1n) is 10.00. The van der Waals surface area contributed by atoms with E-state index in [2.05, 4.69) is 4.57 Å². The molecule has 6 heteroatoms. The van der Waals surface area contributed by atoms with Gasteiger partial charge < -0.3 is 19.8 Å². The summed E-state index contributed by atoms with van der Waals surface area (Å²) in [5.41, 5.74) is 10.1. The molecule has 1 amide bonds. The van der Waals surface area contributed by atoms with Crippen LogP contribution in [0.5, 0.6) is 0 Å². The van der Waals surface area contributed by atoms with Gasteiger partial charge in [0.05, 0.1) is 18.9 Å². The van der Waals surface area contributed by atoms with Gasteiger partial charge in [-0.2, -0.15) is 0 Å². The Labute approximate surface area is 175 Å².